The first-order valence-electron chi connectivity index (χ1n) is 9.87. The molecule has 0 saturated carbocycles. The molecule has 1 aromatic heterocycles. The average molecular weight is 400 g/mol. The molecule has 1 aromatic carbocycles. The van der Waals surface area contributed by atoms with Crippen molar-refractivity contribution in [2.24, 2.45) is 5.92 Å². The number of ether oxygens (including phenoxy) is 1. The molecule has 1 aliphatic rings. The second-order valence-electron chi connectivity index (χ2n) is 7.35. The van der Waals surface area contributed by atoms with Crippen molar-refractivity contribution in [1.82, 2.24) is 15.2 Å². The van der Waals surface area contributed by atoms with Crippen LogP contribution in [0, 0.1) is 5.92 Å². The summed E-state index contributed by atoms with van der Waals surface area (Å²) in [7, 11) is 3.17. The molecule has 0 atom stereocenters. The van der Waals surface area contributed by atoms with E-state index in [1.54, 1.807) is 7.11 Å². The van der Waals surface area contributed by atoms with Crippen molar-refractivity contribution in [3.63, 3.8) is 0 Å². The molecule has 0 radical (unpaired) electrons. The van der Waals surface area contributed by atoms with Gasteiger partial charge in [0.2, 0.25) is 5.91 Å². The predicted octanol–water partition coefficient (Wildman–Crippen LogP) is 2.58. The number of nitrogens with zero attached hydrogens (tertiary/aromatic N) is 3. The summed E-state index contributed by atoms with van der Waals surface area (Å²) < 4.78 is 5.31. The van der Waals surface area contributed by atoms with E-state index in [2.05, 4.69) is 21.3 Å². The summed E-state index contributed by atoms with van der Waals surface area (Å²) in [6.07, 6.45) is 3.55. The lowest BCUT2D eigenvalue weighted by molar-refractivity contribution is -0.121. The third kappa shape index (κ3) is 5.28. The number of carboxylic acid groups (broad SMARTS) is 1. The van der Waals surface area contributed by atoms with Crippen LogP contribution in [0.5, 0.6) is 5.75 Å². The zero-order chi connectivity index (χ0) is 20.8. The Morgan fingerprint density at radius 3 is 2.69 bits per heavy atom. The fourth-order valence-electron chi connectivity index (χ4n) is 3.69. The molecular formula is C21H28N4O4. The van der Waals surface area contributed by atoms with Crippen LogP contribution in [-0.2, 0) is 4.79 Å². The highest BCUT2D eigenvalue weighted by Crippen LogP contribution is 2.28. The summed E-state index contributed by atoms with van der Waals surface area (Å²) in [5.74, 6) is 1.93. The Hall–Kier alpha value is -3.03. The molecule has 0 aliphatic carbocycles. The quantitative estimate of drug-likeness (QED) is 0.742. The maximum absolute atomic E-state index is 11.5. The molecule has 1 aliphatic heterocycles. The van der Waals surface area contributed by atoms with Gasteiger partial charge >= 0.3 is 6.09 Å². The number of rotatable bonds is 7. The Morgan fingerprint density at radius 1 is 1.28 bits per heavy atom. The number of hydrogen-bond acceptors (Lipinski definition) is 5. The van der Waals surface area contributed by atoms with Gasteiger partial charge in [-0.1, -0.05) is 0 Å². The van der Waals surface area contributed by atoms with Gasteiger partial charge in [-0.05, 0) is 54.8 Å². The van der Waals surface area contributed by atoms with Gasteiger partial charge in [0, 0.05) is 38.3 Å². The van der Waals surface area contributed by atoms with Crippen molar-refractivity contribution in [2.45, 2.75) is 19.3 Å². The Balaban J connectivity index is 1.55. The highest BCUT2D eigenvalue weighted by molar-refractivity contribution is 5.85. The summed E-state index contributed by atoms with van der Waals surface area (Å²) in [5, 5.41) is 13.9. The minimum Gasteiger partial charge on any atom is -0.497 e. The summed E-state index contributed by atoms with van der Waals surface area (Å²) >= 11 is 0. The number of carbonyl (C=O) groups is 2. The molecular weight excluding hydrogens is 372 g/mol. The SMILES string of the molecule is CNC(=O)CN(CCC1CCN(c2cc3cc(OC)ccc3cn2)CC1)C(=O)O. The monoisotopic (exact) mass is 400 g/mol. The lowest BCUT2D eigenvalue weighted by Gasteiger charge is -2.33. The first kappa shape index (κ1) is 20.7. The number of anilines is 1. The van der Waals surface area contributed by atoms with E-state index in [1.807, 2.05) is 24.4 Å². The van der Waals surface area contributed by atoms with E-state index in [0.29, 0.717) is 12.5 Å². The molecule has 2 heterocycles. The number of nitrogens with one attached hydrogen (secondary N) is 1. The number of pyridine rings is 1. The number of likely N-dealkylation sites (N-methyl/N-ethyl adjacent to an activating group) is 1. The zero-order valence-corrected chi connectivity index (χ0v) is 16.9. The van der Waals surface area contributed by atoms with E-state index in [1.165, 1.54) is 11.9 Å². The van der Waals surface area contributed by atoms with E-state index in [-0.39, 0.29) is 12.5 Å². The van der Waals surface area contributed by atoms with E-state index in [4.69, 9.17) is 4.74 Å². The maximum Gasteiger partial charge on any atom is 0.407 e. The number of benzene rings is 1. The van der Waals surface area contributed by atoms with Gasteiger partial charge in [0.15, 0.2) is 0 Å². The van der Waals surface area contributed by atoms with Gasteiger partial charge < -0.3 is 20.1 Å². The number of carbonyl (C=O) groups excluding carboxylic acids is 1. The van der Waals surface area contributed by atoms with Gasteiger partial charge in [0.25, 0.3) is 0 Å². The molecule has 0 unspecified atom stereocenters. The number of fused-ring (bicyclic) bond motifs is 1. The van der Waals surface area contributed by atoms with Crippen LogP contribution in [0.15, 0.2) is 30.5 Å². The first-order chi connectivity index (χ1) is 14.0. The molecule has 156 valence electrons. The second-order valence-corrected chi connectivity index (χ2v) is 7.35. The van der Waals surface area contributed by atoms with Crippen LogP contribution in [0.1, 0.15) is 19.3 Å². The molecule has 29 heavy (non-hydrogen) atoms. The van der Waals surface area contributed by atoms with Crippen LogP contribution in [0.4, 0.5) is 10.6 Å². The van der Waals surface area contributed by atoms with Gasteiger partial charge in [-0.3, -0.25) is 9.69 Å². The fraction of sp³-hybridized carbons (Fsp3) is 0.476. The Labute approximate surface area is 170 Å². The summed E-state index contributed by atoms with van der Waals surface area (Å²) in [5.41, 5.74) is 0. The lowest BCUT2D eigenvalue weighted by Crippen LogP contribution is -2.41. The van der Waals surface area contributed by atoms with E-state index >= 15 is 0 Å². The van der Waals surface area contributed by atoms with Crippen molar-refractivity contribution in [1.29, 1.82) is 0 Å². The number of hydrogen-bond donors (Lipinski definition) is 2. The van der Waals surface area contributed by atoms with E-state index in [9.17, 15) is 14.7 Å². The Bertz CT molecular complexity index is 865. The lowest BCUT2D eigenvalue weighted by atomic mass is 9.93. The molecule has 1 fully saturated rings. The molecule has 2 N–H and O–H groups in total. The second kappa shape index (κ2) is 9.45. The van der Waals surface area contributed by atoms with Crippen LogP contribution in [0.25, 0.3) is 10.8 Å². The number of aromatic nitrogens is 1. The zero-order valence-electron chi connectivity index (χ0n) is 16.9. The Kier molecular flexibility index (Phi) is 6.74. The fourth-order valence-corrected chi connectivity index (χ4v) is 3.69. The first-order valence-corrected chi connectivity index (χ1v) is 9.87. The van der Waals surface area contributed by atoms with Crippen LogP contribution in [-0.4, -0.2) is 67.3 Å². The maximum atomic E-state index is 11.5. The van der Waals surface area contributed by atoms with Crippen molar-refractivity contribution in [3.8, 4) is 5.75 Å². The van der Waals surface area contributed by atoms with Crippen LogP contribution in [0.2, 0.25) is 0 Å². The van der Waals surface area contributed by atoms with Crippen molar-refractivity contribution in [2.75, 3.05) is 45.2 Å². The van der Waals surface area contributed by atoms with Gasteiger partial charge in [0.05, 0.1) is 7.11 Å². The van der Waals surface area contributed by atoms with Gasteiger partial charge in [0.1, 0.15) is 18.1 Å². The molecule has 2 amide bonds. The molecule has 0 spiro atoms. The third-order valence-electron chi connectivity index (χ3n) is 5.54. The normalized spacial score (nSPS) is 14.6. The average Bonchev–Trinajstić information content (AvgIpc) is 2.75. The van der Waals surface area contributed by atoms with E-state index in [0.717, 1.165) is 54.7 Å². The minimum absolute atomic E-state index is 0.116. The molecule has 0 bridgehead atoms. The van der Waals surface area contributed by atoms with Crippen molar-refractivity contribution >= 4 is 28.6 Å². The van der Waals surface area contributed by atoms with Crippen molar-refractivity contribution in [3.05, 3.63) is 30.5 Å². The number of amides is 2. The Morgan fingerprint density at radius 2 is 2.03 bits per heavy atom. The molecule has 8 heteroatoms. The van der Waals surface area contributed by atoms with Gasteiger partial charge in [-0.2, -0.15) is 0 Å². The highest BCUT2D eigenvalue weighted by atomic mass is 16.5. The largest absolute Gasteiger partial charge is 0.497 e. The van der Waals surface area contributed by atoms with Crippen LogP contribution >= 0.6 is 0 Å². The van der Waals surface area contributed by atoms with Crippen LogP contribution < -0.4 is 15.0 Å². The third-order valence-corrected chi connectivity index (χ3v) is 5.54. The van der Waals surface area contributed by atoms with Crippen molar-refractivity contribution < 1.29 is 19.4 Å². The molecule has 3 rings (SSSR count). The number of piperidine rings is 1. The standard InChI is InChI=1S/C21H28N4O4/c1-22-20(26)14-25(21(27)28)10-7-15-5-8-24(9-6-15)19-12-17-11-18(29-2)4-3-16(17)13-23-19/h3-4,11-13,15H,5-10,14H2,1-2H3,(H,22,26)(H,27,28). The van der Waals surface area contributed by atoms with E-state index < -0.39 is 6.09 Å². The molecule has 2 aromatic rings. The molecule has 1 saturated heterocycles. The topological polar surface area (TPSA) is 95.0 Å². The summed E-state index contributed by atoms with van der Waals surface area (Å²) in [6, 6.07) is 8.04. The highest BCUT2D eigenvalue weighted by Gasteiger charge is 2.23. The summed E-state index contributed by atoms with van der Waals surface area (Å²) in [4.78, 5) is 30.9. The minimum atomic E-state index is -1.05. The smallest absolute Gasteiger partial charge is 0.407 e. The van der Waals surface area contributed by atoms with Crippen LogP contribution in [0.3, 0.4) is 0 Å². The van der Waals surface area contributed by atoms with Gasteiger partial charge in [-0.15, -0.1) is 0 Å². The number of methoxy groups -OCH3 is 1. The van der Waals surface area contributed by atoms with Gasteiger partial charge in [-0.25, -0.2) is 9.78 Å². The summed E-state index contributed by atoms with van der Waals surface area (Å²) in [6.45, 7) is 2.03. The molecule has 8 nitrogen and oxygen atoms in total. The predicted molar refractivity (Wildman–Crippen MR) is 112 cm³/mol.